The molecule has 0 spiro atoms. The first-order valence-corrected chi connectivity index (χ1v) is 10.4. The highest BCUT2D eigenvalue weighted by molar-refractivity contribution is 6.19. The Bertz CT molecular complexity index is 717. The number of aryl methyl sites for hydroxylation is 1. The van der Waals surface area contributed by atoms with Gasteiger partial charge in [-0.05, 0) is 37.8 Å². The van der Waals surface area contributed by atoms with E-state index in [2.05, 4.69) is 33.8 Å². The average Bonchev–Trinajstić information content (AvgIpc) is 2.65. The highest BCUT2D eigenvalue weighted by Crippen LogP contribution is 2.32. The third kappa shape index (κ3) is 5.40. The number of hydrogen-bond donors (Lipinski definition) is 0. The van der Waals surface area contributed by atoms with E-state index in [0.29, 0.717) is 26.2 Å². The van der Waals surface area contributed by atoms with Crippen LogP contribution in [0.2, 0.25) is 0 Å². The summed E-state index contributed by atoms with van der Waals surface area (Å²) in [4.78, 5) is 28.7. The van der Waals surface area contributed by atoms with Gasteiger partial charge in [0.25, 0.3) is 5.91 Å². The summed E-state index contributed by atoms with van der Waals surface area (Å²) in [6.45, 7) is 14.3. The van der Waals surface area contributed by atoms with E-state index in [1.54, 1.807) is 9.80 Å². The number of halogens is 1. The number of carbonyl (C=O) groups excluding carboxylic acids is 2. The first-order chi connectivity index (χ1) is 13.0. The lowest BCUT2D eigenvalue weighted by atomic mass is 9.85. The van der Waals surface area contributed by atoms with Crippen LogP contribution in [0.25, 0.3) is 0 Å². The molecule has 1 fully saturated rings. The Hall–Kier alpha value is -1.75. The van der Waals surface area contributed by atoms with Gasteiger partial charge in [-0.3, -0.25) is 9.59 Å². The topological polar surface area (TPSA) is 49.9 Å². The molecule has 0 atom stereocenters. The predicted octanol–water partition coefficient (Wildman–Crippen LogP) is 3.61. The highest BCUT2D eigenvalue weighted by atomic mass is 35.5. The van der Waals surface area contributed by atoms with Crippen molar-refractivity contribution in [3.05, 3.63) is 29.3 Å². The molecule has 5 nitrogen and oxygen atoms in total. The number of amides is 2. The van der Waals surface area contributed by atoms with Gasteiger partial charge in [0.2, 0.25) is 5.91 Å². The standard InChI is InChI=1S/C22H33ClN2O3/c1-16-7-8-18(17(13-16)21(2,3)4)28-14-19(26)24-9-11-25(12-10-24)20(27)22(5,6)15-23/h7-8,13H,9-12,14-15H2,1-6H3. The average molecular weight is 409 g/mol. The highest BCUT2D eigenvalue weighted by Gasteiger charge is 2.33. The van der Waals surface area contributed by atoms with E-state index in [0.717, 1.165) is 11.3 Å². The van der Waals surface area contributed by atoms with Crippen molar-refractivity contribution in [2.75, 3.05) is 38.7 Å². The fourth-order valence-corrected chi connectivity index (χ4v) is 3.35. The van der Waals surface area contributed by atoms with Crippen LogP contribution in [0.1, 0.15) is 45.7 Å². The molecule has 0 radical (unpaired) electrons. The summed E-state index contributed by atoms with van der Waals surface area (Å²) in [5.41, 5.74) is 1.63. The van der Waals surface area contributed by atoms with Crippen LogP contribution < -0.4 is 4.74 Å². The van der Waals surface area contributed by atoms with E-state index in [1.807, 2.05) is 26.0 Å². The Morgan fingerprint density at radius 3 is 2.14 bits per heavy atom. The molecule has 2 rings (SSSR count). The summed E-state index contributed by atoms with van der Waals surface area (Å²) in [6.07, 6.45) is 0. The van der Waals surface area contributed by atoms with Crippen molar-refractivity contribution in [2.24, 2.45) is 5.41 Å². The molecule has 0 bridgehead atoms. The van der Waals surface area contributed by atoms with Gasteiger partial charge in [-0.2, -0.15) is 0 Å². The summed E-state index contributed by atoms with van der Waals surface area (Å²) in [7, 11) is 0. The Morgan fingerprint density at radius 2 is 1.61 bits per heavy atom. The number of benzene rings is 1. The first kappa shape index (κ1) is 22.5. The van der Waals surface area contributed by atoms with Gasteiger partial charge in [-0.25, -0.2) is 0 Å². The minimum absolute atomic E-state index is 0.00720. The Morgan fingerprint density at radius 1 is 1.04 bits per heavy atom. The lowest BCUT2D eigenvalue weighted by Gasteiger charge is -2.38. The second kappa shape index (κ2) is 8.73. The summed E-state index contributed by atoms with van der Waals surface area (Å²) >= 11 is 5.91. The van der Waals surface area contributed by atoms with Gasteiger partial charge in [0.15, 0.2) is 6.61 Å². The van der Waals surface area contributed by atoms with E-state index >= 15 is 0 Å². The van der Waals surface area contributed by atoms with E-state index in [4.69, 9.17) is 16.3 Å². The number of ether oxygens (including phenoxy) is 1. The number of alkyl halides is 1. The van der Waals surface area contributed by atoms with Crippen LogP contribution in [-0.4, -0.2) is 60.3 Å². The maximum absolute atomic E-state index is 12.6. The molecule has 0 aromatic heterocycles. The van der Waals surface area contributed by atoms with Crippen LogP contribution in [0.3, 0.4) is 0 Å². The molecule has 6 heteroatoms. The molecule has 2 amide bonds. The summed E-state index contributed by atoms with van der Waals surface area (Å²) in [5.74, 6) is 1.03. The first-order valence-electron chi connectivity index (χ1n) is 9.83. The molecule has 1 aromatic rings. The van der Waals surface area contributed by atoms with Gasteiger partial charge in [0, 0.05) is 32.1 Å². The molecule has 28 heavy (non-hydrogen) atoms. The fourth-order valence-electron chi connectivity index (χ4n) is 3.23. The Kier molecular flexibility index (Phi) is 7.02. The third-order valence-electron chi connectivity index (χ3n) is 5.13. The Labute approximate surface area is 174 Å². The minimum Gasteiger partial charge on any atom is -0.483 e. The number of hydrogen-bond acceptors (Lipinski definition) is 3. The molecule has 156 valence electrons. The van der Waals surface area contributed by atoms with Crippen molar-refractivity contribution in [1.82, 2.24) is 9.80 Å². The molecule has 1 aliphatic rings. The van der Waals surface area contributed by atoms with Gasteiger partial charge in [-0.15, -0.1) is 11.6 Å². The zero-order valence-electron chi connectivity index (χ0n) is 18.0. The van der Waals surface area contributed by atoms with Crippen molar-refractivity contribution < 1.29 is 14.3 Å². The van der Waals surface area contributed by atoms with Crippen molar-refractivity contribution in [1.29, 1.82) is 0 Å². The smallest absolute Gasteiger partial charge is 0.260 e. The summed E-state index contributed by atoms with van der Waals surface area (Å²) < 4.78 is 5.89. The quantitative estimate of drug-likeness (QED) is 0.699. The SMILES string of the molecule is Cc1ccc(OCC(=O)N2CCN(C(=O)C(C)(C)CCl)CC2)c(C(C)(C)C)c1. The Balaban J connectivity index is 1.93. The van der Waals surface area contributed by atoms with Crippen LogP contribution in [0, 0.1) is 12.3 Å². The van der Waals surface area contributed by atoms with Gasteiger partial charge >= 0.3 is 0 Å². The van der Waals surface area contributed by atoms with E-state index in [1.165, 1.54) is 5.56 Å². The van der Waals surface area contributed by atoms with Gasteiger partial charge in [0.05, 0.1) is 5.41 Å². The zero-order valence-corrected chi connectivity index (χ0v) is 18.7. The molecule has 0 saturated carbocycles. The lowest BCUT2D eigenvalue weighted by molar-refractivity contribution is -0.145. The van der Waals surface area contributed by atoms with Crippen LogP contribution in [0.15, 0.2) is 18.2 Å². The molecule has 1 aliphatic heterocycles. The lowest BCUT2D eigenvalue weighted by Crippen LogP contribution is -2.54. The van der Waals surface area contributed by atoms with Crippen LogP contribution in [0.5, 0.6) is 5.75 Å². The van der Waals surface area contributed by atoms with E-state index in [9.17, 15) is 9.59 Å². The number of carbonyl (C=O) groups is 2. The van der Waals surface area contributed by atoms with Crippen molar-refractivity contribution >= 4 is 23.4 Å². The zero-order chi connectivity index (χ0) is 21.1. The molecule has 1 saturated heterocycles. The van der Waals surface area contributed by atoms with Crippen molar-refractivity contribution in [3.63, 3.8) is 0 Å². The van der Waals surface area contributed by atoms with Crippen LogP contribution >= 0.6 is 11.6 Å². The van der Waals surface area contributed by atoms with E-state index < -0.39 is 5.41 Å². The summed E-state index contributed by atoms with van der Waals surface area (Å²) in [6, 6.07) is 6.05. The van der Waals surface area contributed by atoms with Crippen LogP contribution in [-0.2, 0) is 15.0 Å². The predicted molar refractivity (Wildman–Crippen MR) is 113 cm³/mol. The van der Waals surface area contributed by atoms with Gasteiger partial charge in [0.1, 0.15) is 5.75 Å². The monoisotopic (exact) mass is 408 g/mol. The molecule has 0 unspecified atom stereocenters. The molecule has 1 aromatic carbocycles. The van der Waals surface area contributed by atoms with Crippen molar-refractivity contribution in [2.45, 2.75) is 47.0 Å². The summed E-state index contributed by atoms with van der Waals surface area (Å²) in [5, 5.41) is 0. The number of nitrogens with zero attached hydrogens (tertiary/aromatic N) is 2. The van der Waals surface area contributed by atoms with Crippen LogP contribution in [0.4, 0.5) is 0 Å². The fraction of sp³-hybridized carbons (Fsp3) is 0.636. The van der Waals surface area contributed by atoms with Gasteiger partial charge < -0.3 is 14.5 Å². The van der Waals surface area contributed by atoms with Crippen molar-refractivity contribution in [3.8, 4) is 5.75 Å². The van der Waals surface area contributed by atoms with Gasteiger partial charge in [-0.1, -0.05) is 38.5 Å². The number of rotatable bonds is 5. The normalized spacial score (nSPS) is 15.5. The number of piperazine rings is 1. The third-order valence-corrected chi connectivity index (χ3v) is 5.80. The molecule has 0 aliphatic carbocycles. The second-order valence-electron chi connectivity index (χ2n) is 9.23. The molecular formula is C22H33ClN2O3. The largest absolute Gasteiger partial charge is 0.483 e. The maximum Gasteiger partial charge on any atom is 0.260 e. The van der Waals surface area contributed by atoms with E-state index in [-0.39, 0.29) is 29.7 Å². The second-order valence-corrected chi connectivity index (χ2v) is 9.50. The molecular weight excluding hydrogens is 376 g/mol. The minimum atomic E-state index is -0.578. The maximum atomic E-state index is 12.6. The molecule has 0 N–H and O–H groups in total. The molecule has 1 heterocycles.